The van der Waals surface area contributed by atoms with Gasteiger partial charge in [0, 0.05) is 37.9 Å². The van der Waals surface area contributed by atoms with Crippen LogP contribution in [0.5, 0.6) is 0 Å². The zero-order valence-electron chi connectivity index (χ0n) is 11.7. The third-order valence-electron chi connectivity index (χ3n) is 5.97. The highest BCUT2D eigenvalue weighted by Gasteiger charge is 2.71. The Morgan fingerprint density at radius 3 is 1.85 bits per heavy atom. The summed E-state index contributed by atoms with van der Waals surface area (Å²) in [7, 11) is 3.54. The van der Waals surface area contributed by atoms with Crippen molar-refractivity contribution in [1.29, 1.82) is 0 Å². The Hall–Kier alpha value is -1.16. The molecular formula is C17H18O3. The second-order valence-corrected chi connectivity index (χ2v) is 6.33. The van der Waals surface area contributed by atoms with Crippen molar-refractivity contribution in [3.63, 3.8) is 0 Å². The van der Waals surface area contributed by atoms with Gasteiger partial charge in [0.25, 0.3) is 0 Å². The van der Waals surface area contributed by atoms with Crippen molar-refractivity contribution in [2.24, 2.45) is 23.7 Å². The van der Waals surface area contributed by atoms with E-state index >= 15 is 0 Å². The van der Waals surface area contributed by atoms with Crippen LogP contribution in [0.2, 0.25) is 0 Å². The average Bonchev–Trinajstić information content (AvgIpc) is 3.22. The van der Waals surface area contributed by atoms with E-state index in [1.54, 1.807) is 14.2 Å². The summed E-state index contributed by atoms with van der Waals surface area (Å²) in [5.41, 5.74) is 2.75. The monoisotopic (exact) mass is 270 g/mol. The lowest BCUT2D eigenvalue weighted by Crippen LogP contribution is -2.41. The highest BCUT2D eigenvalue weighted by Crippen LogP contribution is 2.71. The minimum absolute atomic E-state index is 0.214. The third kappa shape index (κ3) is 1.01. The van der Waals surface area contributed by atoms with Crippen LogP contribution in [-0.4, -0.2) is 20.0 Å². The van der Waals surface area contributed by atoms with Gasteiger partial charge in [0.2, 0.25) is 0 Å². The van der Waals surface area contributed by atoms with Crippen LogP contribution in [-0.2, 0) is 14.2 Å². The molecule has 3 heteroatoms. The summed E-state index contributed by atoms with van der Waals surface area (Å²) >= 11 is 0. The van der Waals surface area contributed by atoms with Gasteiger partial charge in [-0.2, -0.15) is 0 Å². The summed E-state index contributed by atoms with van der Waals surface area (Å²) < 4.78 is 18.0. The lowest BCUT2D eigenvalue weighted by Gasteiger charge is -2.33. The van der Waals surface area contributed by atoms with Crippen molar-refractivity contribution >= 4 is 0 Å². The van der Waals surface area contributed by atoms with E-state index in [1.807, 2.05) is 0 Å². The van der Waals surface area contributed by atoms with Crippen molar-refractivity contribution in [3.05, 3.63) is 47.5 Å². The van der Waals surface area contributed by atoms with Crippen molar-refractivity contribution < 1.29 is 14.2 Å². The fraction of sp³-hybridized carbons (Fsp3) is 0.529. The smallest absolute Gasteiger partial charge is 0.180 e. The van der Waals surface area contributed by atoms with E-state index in [9.17, 15) is 0 Å². The molecule has 1 aromatic carbocycles. The van der Waals surface area contributed by atoms with Crippen LogP contribution in [0.15, 0.2) is 36.4 Å². The molecule has 1 saturated heterocycles. The number of rotatable bonds is 2. The molecule has 0 aromatic heterocycles. The second kappa shape index (κ2) is 3.53. The van der Waals surface area contributed by atoms with E-state index < -0.39 is 5.79 Å². The molecular weight excluding hydrogens is 252 g/mol. The molecule has 2 heterocycles. The predicted octanol–water partition coefficient (Wildman–Crippen LogP) is 2.85. The largest absolute Gasteiger partial charge is 0.365 e. The summed E-state index contributed by atoms with van der Waals surface area (Å²) in [5.74, 6) is 1.11. The van der Waals surface area contributed by atoms with Gasteiger partial charge in [0.05, 0.1) is 12.2 Å². The Morgan fingerprint density at radius 1 is 0.900 bits per heavy atom. The maximum Gasteiger partial charge on any atom is 0.180 e. The average molecular weight is 270 g/mol. The second-order valence-electron chi connectivity index (χ2n) is 6.33. The van der Waals surface area contributed by atoms with Gasteiger partial charge in [-0.25, -0.2) is 0 Å². The van der Waals surface area contributed by atoms with Crippen LogP contribution in [0.25, 0.3) is 0 Å². The molecule has 104 valence electrons. The van der Waals surface area contributed by atoms with E-state index in [0.717, 1.165) is 0 Å². The summed E-state index contributed by atoms with van der Waals surface area (Å²) in [6.45, 7) is 0. The Kier molecular flexibility index (Phi) is 2.03. The third-order valence-corrected chi connectivity index (χ3v) is 5.97. The minimum Gasteiger partial charge on any atom is -0.365 e. The zero-order chi connectivity index (χ0) is 13.5. The summed E-state index contributed by atoms with van der Waals surface area (Å²) in [4.78, 5) is 0. The normalized spacial score (nSPS) is 44.9. The highest BCUT2D eigenvalue weighted by molar-refractivity contribution is 5.43. The molecule has 20 heavy (non-hydrogen) atoms. The van der Waals surface area contributed by atoms with Gasteiger partial charge >= 0.3 is 0 Å². The van der Waals surface area contributed by atoms with Gasteiger partial charge < -0.3 is 14.2 Å². The molecule has 4 aliphatic rings. The molecule has 0 N–H and O–H groups in total. The van der Waals surface area contributed by atoms with Crippen LogP contribution in [0, 0.1) is 23.7 Å². The first-order chi connectivity index (χ1) is 9.81. The van der Waals surface area contributed by atoms with Gasteiger partial charge in [-0.05, 0) is 11.1 Å². The molecule has 1 aromatic rings. The number of hydrogen-bond acceptors (Lipinski definition) is 3. The van der Waals surface area contributed by atoms with Crippen LogP contribution >= 0.6 is 0 Å². The number of benzene rings is 1. The first-order valence-electron chi connectivity index (χ1n) is 7.34. The topological polar surface area (TPSA) is 27.7 Å². The molecule has 0 radical (unpaired) electrons. The van der Waals surface area contributed by atoms with Crippen LogP contribution in [0.3, 0.4) is 0 Å². The summed E-state index contributed by atoms with van der Waals surface area (Å²) in [5, 5.41) is 0. The molecule has 1 saturated carbocycles. The number of methoxy groups -OCH3 is 2. The molecule has 5 rings (SSSR count). The van der Waals surface area contributed by atoms with E-state index in [-0.39, 0.29) is 12.2 Å². The van der Waals surface area contributed by atoms with Gasteiger partial charge in [0.15, 0.2) is 5.79 Å². The first kappa shape index (κ1) is 11.5. The van der Waals surface area contributed by atoms with Crippen LogP contribution in [0.4, 0.5) is 0 Å². The summed E-state index contributed by atoms with van der Waals surface area (Å²) in [6, 6.07) is 8.65. The van der Waals surface area contributed by atoms with Crippen molar-refractivity contribution in [2.75, 3.05) is 14.2 Å². The number of hydrogen-bond donors (Lipinski definition) is 0. The van der Waals surface area contributed by atoms with Gasteiger partial charge in [-0.3, -0.25) is 0 Å². The van der Waals surface area contributed by atoms with Crippen molar-refractivity contribution in [1.82, 2.24) is 0 Å². The molecule has 4 bridgehead atoms. The Labute approximate surface area is 118 Å². The van der Waals surface area contributed by atoms with E-state index in [0.29, 0.717) is 23.7 Å². The molecule has 2 aliphatic carbocycles. The minimum atomic E-state index is -0.475. The lowest BCUT2D eigenvalue weighted by molar-refractivity contribution is -0.240. The lowest BCUT2D eigenvalue weighted by atomic mass is 9.71. The van der Waals surface area contributed by atoms with Gasteiger partial charge in [0.1, 0.15) is 0 Å². The predicted molar refractivity (Wildman–Crippen MR) is 72.9 cm³/mol. The maximum atomic E-state index is 6.32. The van der Waals surface area contributed by atoms with E-state index in [1.165, 1.54) is 11.1 Å². The quantitative estimate of drug-likeness (QED) is 0.611. The van der Waals surface area contributed by atoms with Crippen LogP contribution in [0.1, 0.15) is 23.3 Å². The molecule has 2 fully saturated rings. The Morgan fingerprint density at radius 2 is 1.40 bits per heavy atom. The molecule has 0 spiro atoms. The number of fused-ring (bicyclic) bond motifs is 12. The fourth-order valence-electron chi connectivity index (χ4n) is 5.34. The first-order valence-corrected chi connectivity index (χ1v) is 7.34. The molecule has 0 unspecified atom stereocenters. The van der Waals surface area contributed by atoms with E-state index in [2.05, 4.69) is 36.4 Å². The molecule has 2 aliphatic heterocycles. The van der Waals surface area contributed by atoms with Crippen molar-refractivity contribution in [3.8, 4) is 0 Å². The van der Waals surface area contributed by atoms with Crippen molar-refractivity contribution in [2.45, 2.75) is 18.0 Å². The Balaban J connectivity index is 1.66. The zero-order valence-corrected chi connectivity index (χ0v) is 11.7. The molecule has 0 amide bonds. The SMILES string of the molecule is COC1(OC)[C@@H]2C=C[C@@H]1[C@@H]1[C@@H]2[C@H]2O[C@H]1c1ccccc12. The fourth-order valence-corrected chi connectivity index (χ4v) is 5.34. The van der Waals surface area contributed by atoms with Crippen LogP contribution < -0.4 is 0 Å². The Bertz CT molecular complexity index is 557. The van der Waals surface area contributed by atoms with Gasteiger partial charge in [-0.15, -0.1) is 0 Å². The molecule has 6 atom stereocenters. The van der Waals surface area contributed by atoms with Gasteiger partial charge in [-0.1, -0.05) is 36.4 Å². The standard InChI is InChI=1S/C17H18O3/c1-18-17(19-2)11-7-8-12(17)14-13(11)15-9-5-3-4-6-10(9)16(14)20-15/h3-8,11-16H,1-2H3/t11-,12-,13-,14-,15+,16+/m1/s1. The highest BCUT2D eigenvalue weighted by atomic mass is 16.7. The van der Waals surface area contributed by atoms with E-state index in [4.69, 9.17) is 14.2 Å². The molecule has 3 nitrogen and oxygen atoms in total. The summed E-state index contributed by atoms with van der Waals surface area (Å²) in [6.07, 6.45) is 4.99. The number of ether oxygens (including phenoxy) is 3. The maximum absolute atomic E-state index is 6.32.